The summed E-state index contributed by atoms with van der Waals surface area (Å²) in [4.78, 5) is 0. The Morgan fingerprint density at radius 3 is 2.31 bits per heavy atom. The van der Waals surface area contributed by atoms with Crippen molar-refractivity contribution in [1.82, 2.24) is 0 Å². The molecular weight excluding hydrogens is 216 g/mol. The van der Waals surface area contributed by atoms with Crippen molar-refractivity contribution in [2.45, 2.75) is 82.5 Å². The van der Waals surface area contributed by atoms with E-state index in [1.165, 1.54) is 44.9 Å². The van der Waals surface area contributed by atoms with Crippen LogP contribution < -0.4 is 0 Å². The molecule has 0 aromatic carbocycles. The smallest absolute Gasteiger partial charge is 0.0771 e. The summed E-state index contributed by atoms with van der Waals surface area (Å²) in [5.74, 6) is 1.15. The van der Waals surface area contributed by atoms with Crippen molar-refractivity contribution < 1.29 is 5.11 Å². The summed E-state index contributed by atoms with van der Waals surface area (Å²) in [6.07, 6.45) is 11.4. The van der Waals surface area contributed by atoms with Crippen molar-refractivity contribution >= 4 is 11.8 Å². The minimum atomic E-state index is -0.339. The van der Waals surface area contributed by atoms with Gasteiger partial charge in [-0.25, -0.2) is 0 Å². The highest BCUT2D eigenvalue weighted by Crippen LogP contribution is 2.38. The highest BCUT2D eigenvalue weighted by molar-refractivity contribution is 8.00. The first-order chi connectivity index (χ1) is 7.69. The van der Waals surface area contributed by atoms with Crippen LogP contribution in [0, 0.1) is 0 Å². The van der Waals surface area contributed by atoms with Crippen LogP contribution in [0.3, 0.4) is 0 Å². The van der Waals surface area contributed by atoms with Gasteiger partial charge in [-0.05, 0) is 18.6 Å². The molecule has 0 saturated carbocycles. The molecule has 1 heterocycles. The van der Waals surface area contributed by atoms with Crippen LogP contribution in [0.25, 0.3) is 0 Å². The summed E-state index contributed by atoms with van der Waals surface area (Å²) in [6.45, 7) is 4.44. The van der Waals surface area contributed by atoms with Gasteiger partial charge < -0.3 is 5.11 Å². The lowest BCUT2D eigenvalue weighted by Gasteiger charge is -2.26. The van der Waals surface area contributed by atoms with Crippen LogP contribution in [-0.4, -0.2) is 21.7 Å². The van der Waals surface area contributed by atoms with E-state index in [1.807, 2.05) is 11.8 Å². The zero-order chi connectivity index (χ0) is 11.9. The monoisotopic (exact) mass is 244 g/mol. The van der Waals surface area contributed by atoms with E-state index in [1.54, 1.807) is 0 Å². The number of unbranched alkanes of at least 4 members (excludes halogenated alkanes) is 6. The highest BCUT2D eigenvalue weighted by Gasteiger charge is 2.37. The predicted molar refractivity (Wildman–Crippen MR) is 74.1 cm³/mol. The Bertz CT molecular complexity index is 184. The zero-order valence-corrected chi connectivity index (χ0v) is 11.8. The van der Waals surface area contributed by atoms with Crippen LogP contribution in [0.2, 0.25) is 0 Å². The minimum absolute atomic E-state index is 0.339. The maximum atomic E-state index is 10.4. The molecule has 1 rings (SSSR count). The van der Waals surface area contributed by atoms with Gasteiger partial charge in [0.2, 0.25) is 0 Å². The van der Waals surface area contributed by atoms with Crippen molar-refractivity contribution in [3.63, 3.8) is 0 Å². The fourth-order valence-corrected chi connectivity index (χ4v) is 3.86. The van der Waals surface area contributed by atoms with Gasteiger partial charge in [-0.3, -0.25) is 0 Å². The molecule has 0 bridgehead atoms. The number of hydrogen-bond acceptors (Lipinski definition) is 2. The van der Waals surface area contributed by atoms with Gasteiger partial charge in [0.25, 0.3) is 0 Å². The second kappa shape index (κ2) is 7.60. The van der Waals surface area contributed by atoms with Crippen LogP contribution in [0.15, 0.2) is 0 Å². The van der Waals surface area contributed by atoms with E-state index in [4.69, 9.17) is 0 Å². The fourth-order valence-electron chi connectivity index (χ4n) is 2.49. The molecule has 0 aromatic heterocycles. The quantitative estimate of drug-likeness (QED) is 0.639. The summed E-state index contributed by atoms with van der Waals surface area (Å²) in [6, 6.07) is 0. The van der Waals surface area contributed by atoms with E-state index in [9.17, 15) is 5.11 Å². The van der Waals surface area contributed by atoms with Crippen molar-refractivity contribution in [3.8, 4) is 0 Å². The fraction of sp³-hybridized carbons (Fsp3) is 1.00. The Kier molecular flexibility index (Phi) is 6.83. The summed E-state index contributed by atoms with van der Waals surface area (Å²) in [7, 11) is 0. The number of aliphatic hydroxyl groups is 1. The van der Waals surface area contributed by atoms with Crippen LogP contribution >= 0.6 is 11.8 Å². The van der Waals surface area contributed by atoms with E-state index < -0.39 is 0 Å². The Morgan fingerprint density at radius 1 is 1.12 bits per heavy atom. The molecule has 0 aromatic rings. The molecule has 1 aliphatic rings. The molecule has 96 valence electrons. The first-order valence-corrected chi connectivity index (χ1v) is 8.08. The summed E-state index contributed by atoms with van der Waals surface area (Å²) >= 11 is 1.93. The maximum absolute atomic E-state index is 10.4. The van der Waals surface area contributed by atoms with E-state index in [2.05, 4.69) is 13.8 Å². The molecule has 1 fully saturated rings. The second-order valence-electron chi connectivity index (χ2n) is 5.24. The lowest BCUT2D eigenvalue weighted by Crippen LogP contribution is -2.34. The molecule has 1 nitrogen and oxygen atoms in total. The molecule has 0 spiro atoms. The van der Waals surface area contributed by atoms with Crippen molar-refractivity contribution in [2.24, 2.45) is 0 Å². The third kappa shape index (κ3) is 4.67. The van der Waals surface area contributed by atoms with Crippen LogP contribution in [0.4, 0.5) is 0 Å². The summed E-state index contributed by atoms with van der Waals surface area (Å²) in [5, 5.41) is 10.8. The number of thioether (sulfide) groups is 1. The molecule has 0 radical (unpaired) electrons. The van der Waals surface area contributed by atoms with E-state index in [0.717, 1.165) is 18.6 Å². The molecule has 1 saturated heterocycles. The van der Waals surface area contributed by atoms with Gasteiger partial charge in [-0.2, -0.15) is 11.8 Å². The maximum Gasteiger partial charge on any atom is 0.0771 e. The normalized spacial score (nSPS) is 29.8. The average Bonchev–Trinajstić information content (AvgIpc) is 2.59. The summed E-state index contributed by atoms with van der Waals surface area (Å²) in [5.41, 5.74) is -0.339. The van der Waals surface area contributed by atoms with Crippen molar-refractivity contribution in [3.05, 3.63) is 0 Å². The highest BCUT2D eigenvalue weighted by atomic mass is 32.2. The van der Waals surface area contributed by atoms with Gasteiger partial charge in [0.15, 0.2) is 0 Å². The molecule has 0 amide bonds. The molecule has 2 unspecified atom stereocenters. The van der Waals surface area contributed by atoms with Crippen molar-refractivity contribution in [1.29, 1.82) is 0 Å². The van der Waals surface area contributed by atoms with Crippen LogP contribution in [-0.2, 0) is 0 Å². The Morgan fingerprint density at radius 2 is 1.75 bits per heavy atom. The van der Waals surface area contributed by atoms with Gasteiger partial charge in [-0.15, -0.1) is 0 Å². The number of hydrogen-bond donors (Lipinski definition) is 1. The standard InChI is InChI=1S/C14H28OS/c1-3-4-5-6-7-8-9-10-14(15)11-12-16-13(14)2/h13,15H,3-12H2,1-2H3. The molecule has 1 N–H and O–H groups in total. The Labute approximate surface area is 105 Å². The summed E-state index contributed by atoms with van der Waals surface area (Å²) < 4.78 is 0. The molecule has 0 aliphatic carbocycles. The first-order valence-electron chi connectivity index (χ1n) is 7.03. The molecule has 1 aliphatic heterocycles. The van der Waals surface area contributed by atoms with Gasteiger partial charge in [0.1, 0.15) is 0 Å². The van der Waals surface area contributed by atoms with E-state index >= 15 is 0 Å². The molecule has 16 heavy (non-hydrogen) atoms. The lowest BCUT2D eigenvalue weighted by atomic mass is 9.90. The minimum Gasteiger partial charge on any atom is -0.389 e. The predicted octanol–water partition coefficient (Wildman–Crippen LogP) is 4.38. The second-order valence-corrected chi connectivity index (χ2v) is 6.69. The third-order valence-corrected chi connectivity index (χ3v) is 5.25. The van der Waals surface area contributed by atoms with Crippen LogP contribution in [0.5, 0.6) is 0 Å². The largest absolute Gasteiger partial charge is 0.389 e. The molecule has 2 atom stereocenters. The van der Waals surface area contributed by atoms with E-state index in [-0.39, 0.29) is 5.60 Å². The first kappa shape index (κ1) is 14.4. The number of rotatable bonds is 8. The van der Waals surface area contributed by atoms with Crippen molar-refractivity contribution in [2.75, 3.05) is 5.75 Å². The van der Waals surface area contributed by atoms with Gasteiger partial charge in [0, 0.05) is 5.25 Å². The van der Waals surface area contributed by atoms with Crippen LogP contribution in [0.1, 0.15) is 71.6 Å². The zero-order valence-electron chi connectivity index (χ0n) is 11.0. The topological polar surface area (TPSA) is 20.2 Å². The molecular formula is C14H28OS. The average molecular weight is 244 g/mol. The SMILES string of the molecule is CCCCCCCCCC1(O)CCSC1C. The third-order valence-electron chi connectivity index (χ3n) is 3.87. The van der Waals surface area contributed by atoms with E-state index in [0.29, 0.717) is 5.25 Å². The van der Waals surface area contributed by atoms with Gasteiger partial charge in [0.05, 0.1) is 5.60 Å². The Balaban J connectivity index is 1.98. The lowest BCUT2D eigenvalue weighted by molar-refractivity contribution is 0.0345. The molecule has 2 heteroatoms. The Hall–Kier alpha value is 0.310. The van der Waals surface area contributed by atoms with Gasteiger partial charge in [-0.1, -0.05) is 58.8 Å². The van der Waals surface area contributed by atoms with Gasteiger partial charge >= 0.3 is 0 Å².